The summed E-state index contributed by atoms with van der Waals surface area (Å²) in [6.45, 7) is 17.1. The third-order valence-electron chi connectivity index (χ3n) is 6.17. The van der Waals surface area contributed by atoms with E-state index in [1.807, 2.05) is 0 Å². The first-order valence-corrected chi connectivity index (χ1v) is 8.19. The molecule has 0 spiro atoms. The normalized spacial score (nSPS) is 19.5. The van der Waals surface area contributed by atoms with E-state index in [4.69, 9.17) is 0 Å². The molecular formula is C16H36BLi. The van der Waals surface area contributed by atoms with Gasteiger partial charge in [-0.2, -0.15) is 23.8 Å². The van der Waals surface area contributed by atoms with E-state index in [1.165, 1.54) is 38.4 Å². The van der Waals surface area contributed by atoms with Gasteiger partial charge in [0.15, 0.2) is 0 Å². The molecule has 2 heteroatoms. The molecule has 3 atom stereocenters. The molecule has 0 aromatic carbocycles. The van der Waals surface area contributed by atoms with Crippen LogP contribution in [0.25, 0.3) is 0 Å². The van der Waals surface area contributed by atoms with Gasteiger partial charge in [-0.3, -0.25) is 0 Å². The van der Waals surface area contributed by atoms with E-state index >= 15 is 0 Å². The van der Waals surface area contributed by atoms with Crippen LogP contribution in [0.15, 0.2) is 0 Å². The summed E-state index contributed by atoms with van der Waals surface area (Å²) in [5.74, 6) is 2.77. The molecule has 0 nitrogen and oxygen atoms in total. The van der Waals surface area contributed by atoms with Crippen LogP contribution in [0.2, 0.25) is 23.8 Å². The van der Waals surface area contributed by atoms with Crippen molar-refractivity contribution < 1.29 is 18.9 Å². The van der Waals surface area contributed by atoms with Gasteiger partial charge in [0.1, 0.15) is 0 Å². The summed E-state index contributed by atoms with van der Waals surface area (Å²) in [5, 5.41) is 0. The van der Waals surface area contributed by atoms with Crippen LogP contribution in [0, 0.1) is 0 Å². The number of unbranched alkanes of at least 4 members (excludes halogenated alkanes) is 1. The molecule has 0 radical (unpaired) electrons. The van der Waals surface area contributed by atoms with Gasteiger partial charge >= 0.3 is 18.9 Å². The molecule has 0 aliphatic rings. The Morgan fingerprint density at radius 1 is 0.722 bits per heavy atom. The van der Waals surface area contributed by atoms with E-state index in [1.54, 1.807) is 0 Å². The van der Waals surface area contributed by atoms with Crippen LogP contribution in [0.4, 0.5) is 0 Å². The molecule has 18 heavy (non-hydrogen) atoms. The van der Waals surface area contributed by atoms with Gasteiger partial charge in [-0.15, -0.1) is 0 Å². The summed E-state index contributed by atoms with van der Waals surface area (Å²) in [4.78, 5) is 0. The largest absolute Gasteiger partial charge is 1.00 e. The maximum Gasteiger partial charge on any atom is 1.00 e. The quantitative estimate of drug-likeness (QED) is 0.545. The molecule has 0 saturated heterocycles. The smallest absolute Gasteiger partial charge is 0.177 e. The molecule has 0 aliphatic carbocycles. The minimum atomic E-state index is -0.189. The number of hydrogen-bond donors (Lipinski definition) is 0. The first-order chi connectivity index (χ1) is 8.00. The molecule has 0 N–H and O–H groups in total. The van der Waals surface area contributed by atoms with Crippen LogP contribution in [-0.4, -0.2) is 6.15 Å². The van der Waals surface area contributed by atoms with Crippen molar-refractivity contribution in [2.24, 2.45) is 0 Å². The average molecular weight is 246 g/mol. The summed E-state index contributed by atoms with van der Waals surface area (Å²) < 4.78 is 0. The third kappa shape index (κ3) is 4.65. The summed E-state index contributed by atoms with van der Waals surface area (Å²) in [6, 6.07) is 0. The topological polar surface area (TPSA) is 0 Å². The maximum atomic E-state index is 2.52. The van der Waals surface area contributed by atoms with E-state index < -0.39 is 0 Å². The van der Waals surface area contributed by atoms with E-state index in [0.717, 1.165) is 17.5 Å². The fourth-order valence-electron chi connectivity index (χ4n) is 4.41. The van der Waals surface area contributed by atoms with E-state index in [-0.39, 0.29) is 25.0 Å². The second-order valence-electron chi connectivity index (χ2n) is 6.58. The van der Waals surface area contributed by atoms with Gasteiger partial charge < -0.3 is 0 Å². The predicted molar refractivity (Wildman–Crippen MR) is 84.6 cm³/mol. The predicted octanol–water partition coefficient (Wildman–Crippen LogP) is 3.64. The third-order valence-corrected chi connectivity index (χ3v) is 6.17. The van der Waals surface area contributed by atoms with Crippen LogP contribution in [-0.2, 0) is 0 Å². The molecule has 3 unspecified atom stereocenters. The van der Waals surface area contributed by atoms with Crippen molar-refractivity contribution in [3.63, 3.8) is 0 Å². The second-order valence-corrected chi connectivity index (χ2v) is 6.58. The Kier molecular flexibility index (Phi) is 12.2. The second kappa shape index (κ2) is 10.4. The first kappa shape index (κ1) is 21.0. The Labute approximate surface area is 129 Å². The van der Waals surface area contributed by atoms with Crippen LogP contribution in [0.5, 0.6) is 0 Å². The van der Waals surface area contributed by atoms with Gasteiger partial charge in [0, 0.05) is 6.15 Å². The molecule has 0 saturated carbocycles. The summed E-state index contributed by atoms with van der Waals surface area (Å²) in [5.41, 5.74) is 0. The van der Waals surface area contributed by atoms with Gasteiger partial charge in [-0.05, 0) is 0 Å². The van der Waals surface area contributed by atoms with Crippen molar-refractivity contribution in [3.05, 3.63) is 0 Å². The fraction of sp³-hybridized carbons (Fsp3) is 1.00. The van der Waals surface area contributed by atoms with Crippen LogP contribution in [0.3, 0.4) is 0 Å². The minimum absolute atomic E-state index is 0. The Hall–Kier alpha value is 0.662. The van der Waals surface area contributed by atoms with Gasteiger partial charge in [0.2, 0.25) is 0 Å². The standard InChI is InChI=1S/C16H36B.Li/c1-8-12-13-17(14(5)9-2,15(6)10-3)16(7)11-4;/h14-16H,8-13H2,1-7H3;/q-1;+1. The van der Waals surface area contributed by atoms with E-state index in [2.05, 4.69) is 48.5 Å². The summed E-state index contributed by atoms with van der Waals surface area (Å²) in [6.07, 6.45) is 8.17. The molecule has 104 valence electrons. The Balaban J connectivity index is 0. The van der Waals surface area contributed by atoms with E-state index in [9.17, 15) is 0 Å². The van der Waals surface area contributed by atoms with Gasteiger partial charge in [-0.1, -0.05) is 80.6 Å². The molecule has 0 amide bonds. The van der Waals surface area contributed by atoms with Crippen LogP contribution in [0.1, 0.15) is 80.6 Å². The number of hydrogen-bond acceptors (Lipinski definition) is 0. The average Bonchev–Trinajstić information content (AvgIpc) is 2.37. The van der Waals surface area contributed by atoms with Crippen molar-refractivity contribution >= 4 is 6.15 Å². The SMILES string of the molecule is CCCC[B-](C(C)CC)(C(C)CC)C(C)CC.[Li+]. The van der Waals surface area contributed by atoms with Crippen molar-refractivity contribution in [2.75, 3.05) is 0 Å². The summed E-state index contributed by atoms with van der Waals surface area (Å²) >= 11 is 0. The van der Waals surface area contributed by atoms with Crippen molar-refractivity contribution in [2.45, 2.75) is 104 Å². The molecule has 0 rings (SSSR count). The molecular weight excluding hydrogens is 210 g/mol. The molecule has 0 fully saturated rings. The van der Waals surface area contributed by atoms with Crippen molar-refractivity contribution in [1.29, 1.82) is 0 Å². The minimum Gasteiger partial charge on any atom is -0.177 e. The number of rotatable bonds is 9. The van der Waals surface area contributed by atoms with Gasteiger partial charge in [0.25, 0.3) is 0 Å². The summed E-state index contributed by atoms with van der Waals surface area (Å²) in [7, 11) is 0. The Morgan fingerprint density at radius 3 is 1.28 bits per heavy atom. The molecule has 0 aliphatic heterocycles. The maximum absolute atomic E-state index is 2.52. The zero-order chi connectivity index (χ0) is 13.5. The zero-order valence-electron chi connectivity index (χ0n) is 14.6. The van der Waals surface area contributed by atoms with Gasteiger partial charge in [0.05, 0.1) is 0 Å². The fourth-order valence-corrected chi connectivity index (χ4v) is 4.41. The van der Waals surface area contributed by atoms with Gasteiger partial charge in [-0.25, -0.2) is 0 Å². The monoisotopic (exact) mass is 246 g/mol. The van der Waals surface area contributed by atoms with Crippen LogP contribution >= 0.6 is 0 Å². The first-order valence-electron chi connectivity index (χ1n) is 8.19. The van der Waals surface area contributed by atoms with Crippen molar-refractivity contribution in [1.82, 2.24) is 0 Å². The zero-order valence-corrected chi connectivity index (χ0v) is 14.6. The van der Waals surface area contributed by atoms with E-state index in [0.29, 0.717) is 0 Å². The molecule has 0 bridgehead atoms. The Bertz CT molecular complexity index is 167. The molecule has 0 heterocycles. The van der Waals surface area contributed by atoms with Crippen molar-refractivity contribution in [3.8, 4) is 0 Å². The Morgan fingerprint density at radius 2 is 1.06 bits per heavy atom. The molecule has 0 aromatic rings. The van der Waals surface area contributed by atoms with Crippen LogP contribution < -0.4 is 18.9 Å². The molecule has 0 aromatic heterocycles.